The molecule has 0 aliphatic heterocycles. The zero-order valence-corrected chi connectivity index (χ0v) is 13.2. The monoisotopic (exact) mass is 293 g/mol. The highest BCUT2D eigenvalue weighted by molar-refractivity contribution is 5.87. The summed E-state index contributed by atoms with van der Waals surface area (Å²) in [6, 6.07) is 1.41. The zero-order chi connectivity index (χ0) is 15.7. The molecule has 1 N–H and O–H groups in total. The third-order valence-corrected chi connectivity index (χ3v) is 3.83. The van der Waals surface area contributed by atoms with Crippen LogP contribution in [0.25, 0.3) is 0 Å². The molecule has 1 aromatic heterocycles. The zero-order valence-electron chi connectivity index (χ0n) is 13.2. The van der Waals surface area contributed by atoms with Crippen LogP contribution < -0.4 is 5.43 Å². The van der Waals surface area contributed by atoms with E-state index in [1.165, 1.54) is 50.8 Å². The van der Waals surface area contributed by atoms with Crippen LogP contribution in [-0.2, 0) is 6.54 Å². The van der Waals surface area contributed by atoms with Crippen LogP contribution in [0.1, 0.15) is 74.3 Å². The van der Waals surface area contributed by atoms with Gasteiger partial charge in [0.2, 0.25) is 0 Å². The summed E-state index contributed by atoms with van der Waals surface area (Å²) in [5, 5.41) is 8.98. The fourth-order valence-corrected chi connectivity index (χ4v) is 2.49. The first-order valence-electron chi connectivity index (χ1n) is 8.00. The first-order valence-corrected chi connectivity index (χ1v) is 8.00. The molecule has 1 aromatic rings. The van der Waals surface area contributed by atoms with Crippen molar-refractivity contribution in [2.24, 2.45) is 0 Å². The normalized spacial score (nSPS) is 10.8. The first-order chi connectivity index (χ1) is 10.1. The van der Waals surface area contributed by atoms with Crippen LogP contribution in [0.3, 0.4) is 0 Å². The Labute approximate surface area is 126 Å². The van der Waals surface area contributed by atoms with Crippen molar-refractivity contribution in [1.29, 1.82) is 0 Å². The molecule has 0 atom stereocenters. The number of carbonyl (C=O) groups is 1. The Hall–Kier alpha value is -1.58. The van der Waals surface area contributed by atoms with Gasteiger partial charge >= 0.3 is 5.97 Å². The molecule has 0 bridgehead atoms. The topological polar surface area (TPSA) is 59.3 Å². The minimum absolute atomic E-state index is 0.139. The lowest BCUT2D eigenvalue weighted by Gasteiger charge is -2.11. The predicted octanol–water partition coefficient (Wildman–Crippen LogP) is 4.00. The number of rotatable bonds is 10. The molecule has 4 nitrogen and oxygen atoms in total. The molecule has 0 radical (unpaired) electrons. The molecular formula is C17H27NO3. The highest BCUT2D eigenvalue weighted by atomic mass is 16.4. The molecule has 1 heterocycles. The SMILES string of the molecule is CCCCCCCCCCn1cc(C(=O)O)c(=O)cc1C. The van der Waals surface area contributed by atoms with E-state index >= 15 is 0 Å². The van der Waals surface area contributed by atoms with E-state index < -0.39 is 11.4 Å². The Morgan fingerprint density at radius 3 is 2.24 bits per heavy atom. The molecule has 0 amide bonds. The van der Waals surface area contributed by atoms with E-state index in [0.717, 1.165) is 25.1 Å². The summed E-state index contributed by atoms with van der Waals surface area (Å²) >= 11 is 0. The van der Waals surface area contributed by atoms with Crippen molar-refractivity contribution in [2.75, 3.05) is 0 Å². The van der Waals surface area contributed by atoms with E-state index in [1.807, 2.05) is 11.5 Å². The van der Waals surface area contributed by atoms with Crippen molar-refractivity contribution in [3.8, 4) is 0 Å². The lowest BCUT2D eigenvalue weighted by atomic mass is 10.1. The summed E-state index contributed by atoms with van der Waals surface area (Å²) in [4.78, 5) is 22.5. The number of carboxylic acid groups (broad SMARTS) is 1. The number of nitrogens with zero attached hydrogens (tertiary/aromatic N) is 1. The van der Waals surface area contributed by atoms with Gasteiger partial charge in [-0.15, -0.1) is 0 Å². The number of unbranched alkanes of at least 4 members (excludes halogenated alkanes) is 7. The van der Waals surface area contributed by atoms with Crippen molar-refractivity contribution in [3.05, 3.63) is 33.7 Å². The van der Waals surface area contributed by atoms with Gasteiger partial charge in [-0.2, -0.15) is 0 Å². The van der Waals surface area contributed by atoms with Crippen molar-refractivity contribution in [3.63, 3.8) is 0 Å². The summed E-state index contributed by atoms with van der Waals surface area (Å²) < 4.78 is 1.88. The maximum Gasteiger partial charge on any atom is 0.341 e. The molecule has 21 heavy (non-hydrogen) atoms. The van der Waals surface area contributed by atoms with Gasteiger partial charge in [0.05, 0.1) is 0 Å². The summed E-state index contributed by atoms with van der Waals surface area (Å²) in [5.74, 6) is -1.15. The van der Waals surface area contributed by atoms with Crippen LogP contribution in [0.5, 0.6) is 0 Å². The van der Waals surface area contributed by atoms with Gasteiger partial charge in [0.25, 0.3) is 0 Å². The fraction of sp³-hybridized carbons (Fsp3) is 0.647. The standard InChI is InChI=1S/C17H27NO3/c1-3-4-5-6-7-8-9-10-11-18-13-15(17(20)21)16(19)12-14(18)2/h12-13H,3-11H2,1-2H3,(H,20,21). The van der Waals surface area contributed by atoms with Gasteiger partial charge in [-0.3, -0.25) is 4.79 Å². The van der Waals surface area contributed by atoms with Gasteiger partial charge in [0, 0.05) is 24.5 Å². The van der Waals surface area contributed by atoms with E-state index in [4.69, 9.17) is 5.11 Å². The van der Waals surface area contributed by atoms with Crippen molar-refractivity contribution in [2.45, 2.75) is 71.8 Å². The minimum Gasteiger partial charge on any atom is -0.477 e. The molecule has 1 rings (SSSR count). The number of pyridine rings is 1. The van der Waals surface area contributed by atoms with E-state index in [0.29, 0.717) is 0 Å². The lowest BCUT2D eigenvalue weighted by molar-refractivity contribution is 0.0694. The van der Waals surface area contributed by atoms with Crippen LogP contribution in [0, 0.1) is 6.92 Å². The summed E-state index contributed by atoms with van der Waals surface area (Å²) in [5.41, 5.74) is 0.278. The summed E-state index contributed by atoms with van der Waals surface area (Å²) in [7, 11) is 0. The number of aromatic nitrogens is 1. The van der Waals surface area contributed by atoms with Gasteiger partial charge < -0.3 is 9.67 Å². The van der Waals surface area contributed by atoms with Crippen LogP contribution in [0.2, 0.25) is 0 Å². The van der Waals surface area contributed by atoms with Gasteiger partial charge in [-0.25, -0.2) is 4.79 Å². The van der Waals surface area contributed by atoms with E-state index in [-0.39, 0.29) is 5.56 Å². The average Bonchev–Trinajstić information content (AvgIpc) is 2.43. The second-order valence-electron chi connectivity index (χ2n) is 5.67. The van der Waals surface area contributed by atoms with Gasteiger partial charge in [-0.05, 0) is 13.3 Å². The largest absolute Gasteiger partial charge is 0.477 e. The number of aromatic carboxylic acids is 1. The van der Waals surface area contributed by atoms with E-state index in [9.17, 15) is 9.59 Å². The van der Waals surface area contributed by atoms with Crippen molar-refractivity contribution < 1.29 is 9.90 Å². The number of hydrogen-bond acceptors (Lipinski definition) is 2. The van der Waals surface area contributed by atoms with E-state index in [2.05, 4.69) is 6.92 Å². The molecule has 0 saturated carbocycles. The average molecular weight is 293 g/mol. The highest BCUT2D eigenvalue weighted by Crippen LogP contribution is 2.10. The molecule has 0 saturated heterocycles. The fourth-order valence-electron chi connectivity index (χ4n) is 2.49. The summed E-state index contributed by atoms with van der Waals surface area (Å²) in [6.45, 7) is 4.84. The second kappa shape index (κ2) is 9.37. The second-order valence-corrected chi connectivity index (χ2v) is 5.67. The van der Waals surface area contributed by atoms with Gasteiger partial charge in [0.1, 0.15) is 5.56 Å². The van der Waals surface area contributed by atoms with E-state index in [1.54, 1.807) is 0 Å². The molecule has 4 heteroatoms. The molecular weight excluding hydrogens is 266 g/mol. The quantitative estimate of drug-likeness (QED) is 0.663. The van der Waals surface area contributed by atoms with Crippen LogP contribution >= 0.6 is 0 Å². The molecule has 0 fully saturated rings. The molecule has 118 valence electrons. The molecule has 0 spiro atoms. The Morgan fingerprint density at radius 2 is 1.67 bits per heavy atom. The number of carboxylic acids is 1. The third-order valence-electron chi connectivity index (χ3n) is 3.83. The first kappa shape index (κ1) is 17.5. The smallest absolute Gasteiger partial charge is 0.341 e. The molecule has 0 aliphatic carbocycles. The van der Waals surface area contributed by atoms with Gasteiger partial charge in [0.15, 0.2) is 5.43 Å². The maximum atomic E-state index is 11.5. The van der Waals surface area contributed by atoms with Crippen molar-refractivity contribution in [1.82, 2.24) is 4.57 Å². The van der Waals surface area contributed by atoms with Crippen LogP contribution in [0.4, 0.5) is 0 Å². The lowest BCUT2D eigenvalue weighted by Crippen LogP contribution is -2.19. The Bertz CT molecular complexity index is 505. The molecule has 0 aliphatic rings. The van der Waals surface area contributed by atoms with Gasteiger partial charge in [-0.1, -0.05) is 51.9 Å². The summed E-state index contributed by atoms with van der Waals surface area (Å²) in [6.07, 6.45) is 11.4. The highest BCUT2D eigenvalue weighted by Gasteiger charge is 2.10. The van der Waals surface area contributed by atoms with Crippen molar-refractivity contribution >= 4 is 5.97 Å². The van der Waals surface area contributed by atoms with Crippen LogP contribution in [0.15, 0.2) is 17.1 Å². The molecule has 0 unspecified atom stereocenters. The molecule has 0 aromatic carbocycles. The Balaban J connectivity index is 2.37. The Kier molecular flexibility index (Phi) is 7.80. The predicted molar refractivity (Wildman–Crippen MR) is 85.0 cm³/mol. The Morgan fingerprint density at radius 1 is 1.10 bits per heavy atom. The number of hydrogen-bond donors (Lipinski definition) is 1. The maximum absolute atomic E-state index is 11.5. The van der Waals surface area contributed by atoms with Crippen LogP contribution in [-0.4, -0.2) is 15.6 Å². The number of aryl methyl sites for hydroxylation is 2. The minimum atomic E-state index is -1.15. The third kappa shape index (κ3) is 6.15.